The van der Waals surface area contributed by atoms with E-state index >= 15 is 0 Å². The van der Waals surface area contributed by atoms with E-state index in [1.165, 1.54) is 0 Å². The van der Waals surface area contributed by atoms with Crippen molar-refractivity contribution in [1.82, 2.24) is 9.62 Å². The van der Waals surface area contributed by atoms with Crippen molar-refractivity contribution in [2.75, 3.05) is 13.6 Å². The second kappa shape index (κ2) is 6.70. The molecule has 1 aliphatic rings. The summed E-state index contributed by atoms with van der Waals surface area (Å²) in [5, 5.41) is 3.09. The molecule has 0 amide bonds. The third kappa shape index (κ3) is 3.59. The van der Waals surface area contributed by atoms with Crippen LogP contribution in [0.4, 0.5) is 0 Å². The highest BCUT2D eigenvalue weighted by Crippen LogP contribution is 2.25. The second-order valence-corrected chi connectivity index (χ2v) is 7.34. The predicted molar refractivity (Wildman–Crippen MR) is 81.8 cm³/mol. The lowest BCUT2D eigenvalue weighted by Gasteiger charge is -2.23. The van der Waals surface area contributed by atoms with E-state index in [0.29, 0.717) is 6.54 Å². The van der Waals surface area contributed by atoms with Crippen LogP contribution in [0.3, 0.4) is 0 Å². The standard InChI is InChI=1S/C15H24N2O2S/c1-3-15-8-5-9-17(15)20(18,19)12-14-7-4-6-13(10-14)11-16-2/h4,6-7,10,15-16H,3,5,8-9,11-12H2,1-2H3. The molecule has 0 bridgehead atoms. The Bertz CT molecular complexity index is 543. The summed E-state index contributed by atoms with van der Waals surface area (Å²) in [5.41, 5.74) is 1.99. The first-order valence-electron chi connectivity index (χ1n) is 7.28. The van der Waals surface area contributed by atoms with Gasteiger partial charge in [-0.05, 0) is 37.4 Å². The summed E-state index contributed by atoms with van der Waals surface area (Å²) >= 11 is 0. The second-order valence-electron chi connectivity index (χ2n) is 5.42. The van der Waals surface area contributed by atoms with E-state index in [4.69, 9.17) is 0 Å². The Morgan fingerprint density at radius 3 is 2.80 bits per heavy atom. The molecule has 0 aromatic heterocycles. The Hall–Kier alpha value is -0.910. The zero-order chi connectivity index (χ0) is 14.6. The molecule has 1 aromatic carbocycles. The third-order valence-corrected chi connectivity index (χ3v) is 5.77. The van der Waals surface area contributed by atoms with Crippen molar-refractivity contribution in [1.29, 1.82) is 0 Å². The molecule has 0 radical (unpaired) electrons. The van der Waals surface area contributed by atoms with E-state index in [2.05, 4.69) is 12.2 Å². The Kier molecular flexibility index (Phi) is 5.18. The zero-order valence-corrected chi connectivity index (χ0v) is 13.1. The largest absolute Gasteiger partial charge is 0.316 e. The van der Waals surface area contributed by atoms with E-state index in [0.717, 1.165) is 36.9 Å². The van der Waals surface area contributed by atoms with Crippen LogP contribution in [0.5, 0.6) is 0 Å². The van der Waals surface area contributed by atoms with Crippen molar-refractivity contribution in [3.63, 3.8) is 0 Å². The summed E-state index contributed by atoms with van der Waals surface area (Å²) in [4.78, 5) is 0. The van der Waals surface area contributed by atoms with Gasteiger partial charge in [-0.15, -0.1) is 0 Å². The Morgan fingerprint density at radius 2 is 2.10 bits per heavy atom. The van der Waals surface area contributed by atoms with E-state index in [1.54, 1.807) is 4.31 Å². The predicted octanol–water partition coefficient (Wildman–Crippen LogP) is 2.11. The summed E-state index contributed by atoms with van der Waals surface area (Å²) in [6, 6.07) is 8.01. The smallest absolute Gasteiger partial charge is 0.218 e. The van der Waals surface area contributed by atoms with Gasteiger partial charge in [-0.2, -0.15) is 4.31 Å². The average molecular weight is 296 g/mol. The van der Waals surface area contributed by atoms with Crippen molar-refractivity contribution in [3.8, 4) is 0 Å². The normalized spacial score (nSPS) is 20.4. The third-order valence-electron chi connectivity index (χ3n) is 3.87. The summed E-state index contributed by atoms with van der Waals surface area (Å²) in [5.74, 6) is 0.112. The van der Waals surface area contributed by atoms with Crippen molar-refractivity contribution in [2.24, 2.45) is 0 Å². The minimum atomic E-state index is -3.19. The molecule has 1 atom stereocenters. The highest BCUT2D eigenvalue weighted by atomic mass is 32.2. The van der Waals surface area contributed by atoms with Crippen LogP contribution in [0.1, 0.15) is 37.3 Å². The molecule has 4 nitrogen and oxygen atoms in total. The van der Waals surface area contributed by atoms with Crippen molar-refractivity contribution < 1.29 is 8.42 Å². The molecule has 1 heterocycles. The molecule has 1 fully saturated rings. The highest BCUT2D eigenvalue weighted by Gasteiger charge is 2.32. The maximum atomic E-state index is 12.6. The van der Waals surface area contributed by atoms with Gasteiger partial charge in [0.25, 0.3) is 0 Å². The molecule has 1 N–H and O–H groups in total. The topological polar surface area (TPSA) is 49.4 Å². The summed E-state index contributed by atoms with van der Waals surface area (Å²) in [6.45, 7) is 3.50. The molecule has 0 saturated carbocycles. The molecule has 2 rings (SSSR count). The first-order valence-corrected chi connectivity index (χ1v) is 8.89. The Labute approximate surface area is 122 Å². The lowest BCUT2D eigenvalue weighted by molar-refractivity contribution is 0.379. The van der Waals surface area contributed by atoms with Crippen LogP contribution < -0.4 is 5.32 Å². The fraction of sp³-hybridized carbons (Fsp3) is 0.600. The van der Waals surface area contributed by atoms with Gasteiger partial charge in [-0.1, -0.05) is 31.2 Å². The van der Waals surface area contributed by atoms with Crippen LogP contribution >= 0.6 is 0 Å². The number of nitrogens with one attached hydrogen (secondary N) is 1. The number of sulfonamides is 1. The van der Waals surface area contributed by atoms with Gasteiger partial charge < -0.3 is 5.32 Å². The maximum absolute atomic E-state index is 12.6. The number of hydrogen-bond donors (Lipinski definition) is 1. The highest BCUT2D eigenvalue weighted by molar-refractivity contribution is 7.88. The minimum Gasteiger partial charge on any atom is -0.316 e. The quantitative estimate of drug-likeness (QED) is 0.874. The summed E-state index contributed by atoms with van der Waals surface area (Å²) in [7, 11) is -1.30. The molecular weight excluding hydrogens is 272 g/mol. The van der Waals surface area contributed by atoms with Crippen molar-refractivity contribution in [2.45, 2.75) is 44.5 Å². The summed E-state index contributed by atoms with van der Waals surface area (Å²) in [6.07, 6.45) is 2.88. The van der Waals surface area contributed by atoms with Crippen LogP contribution in [0.25, 0.3) is 0 Å². The molecule has 1 saturated heterocycles. The van der Waals surface area contributed by atoms with Gasteiger partial charge in [-0.25, -0.2) is 8.42 Å². The van der Waals surface area contributed by atoms with Crippen LogP contribution in [0, 0.1) is 0 Å². The number of hydrogen-bond acceptors (Lipinski definition) is 3. The molecule has 1 unspecified atom stereocenters. The fourth-order valence-electron chi connectivity index (χ4n) is 2.91. The average Bonchev–Trinajstić information content (AvgIpc) is 2.88. The molecule has 20 heavy (non-hydrogen) atoms. The van der Waals surface area contributed by atoms with Gasteiger partial charge in [0.2, 0.25) is 10.0 Å². The number of benzene rings is 1. The van der Waals surface area contributed by atoms with E-state index in [9.17, 15) is 8.42 Å². The Balaban J connectivity index is 2.13. The number of rotatable bonds is 6. The van der Waals surface area contributed by atoms with Gasteiger partial charge in [0.15, 0.2) is 0 Å². The molecule has 1 aromatic rings. The van der Waals surface area contributed by atoms with Gasteiger partial charge >= 0.3 is 0 Å². The monoisotopic (exact) mass is 296 g/mol. The lowest BCUT2D eigenvalue weighted by Crippen LogP contribution is -2.35. The van der Waals surface area contributed by atoms with Crippen LogP contribution in [0.2, 0.25) is 0 Å². The molecule has 0 spiro atoms. The van der Waals surface area contributed by atoms with E-state index in [-0.39, 0.29) is 11.8 Å². The van der Waals surface area contributed by atoms with Crippen LogP contribution in [-0.4, -0.2) is 32.4 Å². The molecule has 5 heteroatoms. The SMILES string of the molecule is CCC1CCCN1S(=O)(=O)Cc1cccc(CNC)c1. The lowest BCUT2D eigenvalue weighted by atomic mass is 10.1. The van der Waals surface area contributed by atoms with Crippen molar-refractivity contribution in [3.05, 3.63) is 35.4 Å². The minimum absolute atomic E-state index is 0.112. The first kappa shape index (κ1) is 15.5. The molecule has 1 aliphatic heterocycles. The zero-order valence-electron chi connectivity index (χ0n) is 12.3. The molecular formula is C15H24N2O2S. The molecule has 112 valence electrons. The summed E-state index contributed by atoms with van der Waals surface area (Å²) < 4.78 is 26.8. The Morgan fingerprint density at radius 1 is 1.35 bits per heavy atom. The van der Waals surface area contributed by atoms with Crippen LogP contribution in [-0.2, 0) is 22.3 Å². The fourth-order valence-corrected chi connectivity index (χ4v) is 4.79. The van der Waals surface area contributed by atoms with Gasteiger partial charge in [0, 0.05) is 19.1 Å². The van der Waals surface area contributed by atoms with Gasteiger partial charge in [-0.3, -0.25) is 0 Å². The van der Waals surface area contributed by atoms with E-state index < -0.39 is 10.0 Å². The van der Waals surface area contributed by atoms with Crippen LogP contribution in [0.15, 0.2) is 24.3 Å². The number of nitrogens with zero attached hydrogens (tertiary/aromatic N) is 1. The molecule has 0 aliphatic carbocycles. The first-order chi connectivity index (χ1) is 9.56. The maximum Gasteiger partial charge on any atom is 0.218 e. The van der Waals surface area contributed by atoms with Gasteiger partial charge in [0.05, 0.1) is 5.75 Å². The van der Waals surface area contributed by atoms with E-state index in [1.807, 2.05) is 31.3 Å². The van der Waals surface area contributed by atoms with Gasteiger partial charge in [0.1, 0.15) is 0 Å². The van der Waals surface area contributed by atoms with Crippen molar-refractivity contribution >= 4 is 10.0 Å².